The van der Waals surface area contributed by atoms with Crippen LogP contribution in [0.2, 0.25) is 0 Å². The molecule has 1 aromatic rings. The van der Waals surface area contributed by atoms with Crippen molar-refractivity contribution in [1.29, 1.82) is 0 Å². The van der Waals surface area contributed by atoms with Crippen LogP contribution in [0.15, 0.2) is 22.6 Å². The highest BCUT2D eigenvalue weighted by Gasteiger charge is 2.22. The Hall–Kier alpha value is -2.15. The molecule has 1 aliphatic rings. The molecule has 1 fully saturated rings. The van der Waals surface area contributed by atoms with Crippen LogP contribution in [-0.4, -0.2) is 30.1 Å². The van der Waals surface area contributed by atoms with E-state index in [1.165, 1.54) is 24.3 Å². The van der Waals surface area contributed by atoms with Crippen LogP contribution in [0.25, 0.3) is 6.08 Å². The number of amides is 1. The molecule has 1 N–H and O–H groups in total. The Balaban J connectivity index is 1.84. The number of nitrogens with zero attached hydrogens (tertiary/aromatic N) is 1. The van der Waals surface area contributed by atoms with E-state index in [9.17, 15) is 14.9 Å². The number of nitrogens with one attached hydrogen (secondary N) is 1. The Morgan fingerprint density at radius 3 is 3.00 bits per heavy atom. The van der Waals surface area contributed by atoms with Gasteiger partial charge in [0.15, 0.2) is 0 Å². The van der Waals surface area contributed by atoms with Crippen molar-refractivity contribution in [3.63, 3.8) is 0 Å². The van der Waals surface area contributed by atoms with Crippen LogP contribution in [0.4, 0.5) is 5.88 Å². The molecule has 17 heavy (non-hydrogen) atoms. The third kappa shape index (κ3) is 3.42. The molecule has 0 saturated carbocycles. The van der Waals surface area contributed by atoms with Crippen LogP contribution in [0.1, 0.15) is 5.76 Å². The summed E-state index contributed by atoms with van der Waals surface area (Å²) in [5.74, 6) is -0.384. The number of epoxide rings is 1. The first-order valence-corrected chi connectivity index (χ1v) is 4.97. The Labute approximate surface area is 96.2 Å². The summed E-state index contributed by atoms with van der Waals surface area (Å²) in [6.45, 7) is 1.15. The number of carbonyl (C=O) groups is 1. The van der Waals surface area contributed by atoms with Gasteiger partial charge in [0.05, 0.1) is 18.8 Å². The molecule has 1 amide bonds. The van der Waals surface area contributed by atoms with Gasteiger partial charge in [-0.25, -0.2) is 0 Å². The fraction of sp³-hybridized carbons (Fsp3) is 0.300. The second-order valence-corrected chi connectivity index (χ2v) is 3.47. The molecule has 0 bridgehead atoms. The normalized spacial score (nSPS) is 18.2. The molecule has 2 rings (SSSR count). The van der Waals surface area contributed by atoms with E-state index in [4.69, 9.17) is 9.15 Å². The lowest BCUT2D eigenvalue weighted by Crippen LogP contribution is -2.25. The van der Waals surface area contributed by atoms with E-state index in [1.54, 1.807) is 0 Å². The molecule has 0 aromatic carbocycles. The van der Waals surface area contributed by atoms with E-state index >= 15 is 0 Å². The summed E-state index contributed by atoms with van der Waals surface area (Å²) in [6, 6.07) is 2.65. The highest BCUT2D eigenvalue weighted by Crippen LogP contribution is 2.16. The average molecular weight is 238 g/mol. The number of hydrogen-bond donors (Lipinski definition) is 1. The van der Waals surface area contributed by atoms with Gasteiger partial charge in [-0.05, 0) is 12.1 Å². The Kier molecular flexibility index (Phi) is 3.20. The van der Waals surface area contributed by atoms with Crippen molar-refractivity contribution in [3.8, 4) is 0 Å². The maximum atomic E-state index is 11.3. The average Bonchev–Trinajstić information content (AvgIpc) is 3.00. The molecule has 90 valence electrons. The lowest BCUT2D eigenvalue weighted by atomic mass is 10.3. The van der Waals surface area contributed by atoms with Gasteiger partial charge < -0.3 is 14.5 Å². The van der Waals surface area contributed by atoms with Gasteiger partial charge in [0.2, 0.25) is 5.91 Å². The molecule has 1 saturated heterocycles. The monoisotopic (exact) mass is 238 g/mol. The zero-order valence-electron chi connectivity index (χ0n) is 8.79. The van der Waals surface area contributed by atoms with Crippen LogP contribution < -0.4 is 5.32 Å². The molecular weight excluding hydrogens is 228 g/mol. The van der Waals surface area contributed by atoms with E-state index in [0.29, 0.717) is 13.2 Å². The van der Waals surface area contributed by atoms with Gasteiger partial charge in [0.1, 0.15) is 10.7 Å². The minimum Gasteiger partial charge on any atom is -0.401 e. The van der Waals surface area contributed by atoms with Crippen molar-refractivity contribution in [2.24, 2.45) is 0 Å². The summed E-state index contributed by atoms with van der Waals surface area (Å²) in [5, 5.41) is 12.9. The largest absolute Gasteiger partial charge is 0.433 e. The minimum atomic E-state index is -0.637. The molecule has 7 heteroatoms. The number of rotatable bonds is 5. The highest BCUT2D eigenvalue weighted by molar-refractivity contribution is 5.91. The van der Waals surface area contributed by atoms with Crippen molar-refractivity contribution in [1.82, 2.24) is 5.32 Å². The van der Waals surface area contributed by atoms with Crippen LogP contribution >= 0.6 is 0 Å². The first-order chi connectivity index (χ1) is 8.15. The molecular formula is C10H10N2O5. The second-order valence-electron chi connectivity index (χ2n) is 3.47. The second kappa shape index (κ2) is 4.79. The molecule has 2 heterocycles. The predicted molar refractivity (Wildman–Crippen MR) is 57.1 cm³/mol. The van der Waals surface area contributed by atoms with Crippen LogP contribution in [0, 0.1) is 10.1 Å². The van der Waals surface area contributed by atoms with E-state index in [2.05, 4.69) is 5.32 Å². The van der Waals surface area contributed by atoms with E-state index in [1.807, 2.05) is 0 Å². The zero-order chi connectivity index (χ0) is 12.3. The SMILES string of the molecule is O=C(/C=C/c1ccc([N+](=O)[O-])o1)NCC1CO1. The summed E-state index contributed by atoms with van der Waals surface area (Å²) in [4.78, 5) is 21.0. The van der Waals surface area contributed by atoms with Crippen molar-refractivity contribution in [3.05, 3.63) is 34.1 Å². The van der Waals surface area contributed by atoms with E-state index in [-0.39, 0.29) is 23.7 Å². The molecule has 0 radical (unpaired) electrons. The summed E-state index contributed by atoms with van der Waals surface area (Å²) in [5.41, 5.74) is 0. The molecule has 7 nitrogen and oxygen atoms in total. The molecule has 1 atom stereocenters. The summed E-state index contributed by atoms with van der Waals surface area (Å²) < 4.78 is 9.76. The van der Waals surface area contributed by atoms with Gasteiger partial charge in [-0.3, -0.25) is 14.9 Å². The van der Waals surface area contributed by atoms with Crippen LogP contribution in [0.3, 0.4) is 0 Å². The van der Waals surface area contributed by atoms with Crippen molar-refractivity contribution < 1.29 is 18.9 Å². The lowest BCUT2D eigenvalue weighted by Gasteiger charge is -1.96. The van der Waals surface area contributed by atoms with Crippen LogP contribution in [-0.2, 0) is 9.53 Å². The summed E-state index contributed by atoms with van der Waals surface area (Å²) in [6.07, 6.45) is 2.75. The molecule has 0 aliphatic carbocycles. The van der Waals surface area contributed by atoms with Crippen molar-refractivity contribution in [2.45, 2.75) is 6.10 Å². The molecule has 1 unspecified atom stereocenters. The van der Waals surface area contributed by atoms with Gasteiger partial charge >= 0.3 is 5.88 Å². The number of ether oxygens (including phenoxy) is 1. The zero-order valence-corrected chi connectivity index (χ0v) is 8.79. The fourth-order valence-corrected chi connectivity index (χ4v) is 1.15. The number of carbonyl (C=O) groups excluding carboxylic acids is 1. The van der Waals surface area contributed by atoms with Crippen LogP contribution in [0.5, 0.6) is 0 Å². The van der Waals surface area contributed by atoms with E-state index < -0.39 is 4.92 Å². The predicted octanol–water partition coefficient (Wildman–Crippen LogP) is 0.716. The molecule has 1 aromatic heterocycles. The lowest BCUT2D eigenvalue weighted by molar-refractivity contribution is -0.402. The highest BCUT2D eigenvalue weighted by atomic mass is 16.6. The number of hydrogen-bond acceptors (Lipinski definition) is 5. The summed E-state index contributed by atoms with van der Waals surface area (Å²) >= 11 is 0. The van der Waals surface area contributed by atoms with Gasteiger partial charge in [0.25, 0.3) is 0 Å². The third-order valence-electron chi connectivity index (χ3n) is 2.10. The maximum absolute atomic E-state index is 11.3. The summed E-state index contributed by atoms with van der Waals surface area (Å²) in [7, 11) is 0. The first-order valence-electron chi connectivity index (χ1n) is 4.97. The number of furan rings is 1. The van der Waals surface area contributed by atoms with E-state index in [0.717, 1.165) is 0 Å². The third-order valence-corrected chi connectivity index (χ3v) is 2.10. The van der Waals surface area contributed by atoms with Gasteiger partial charge in [-0.2, -0.15) is 0 Å². The quantitative estimate of drug-likeness (QED) is 0.352. The van der Waals surface area contributed by atoms with Gasteiger partial charge in [0, 0.05) is 12.6 Å². The minimum absolute atomic E-state index is 0.122. The smallest absolute Gasteiger partial charge is 0.401 e. The first kappa shape index (κ1) is 11.3. The Morgan fingerprint density at radius 1 is 1.65 bits per heavy atom. The van der Waals surface area contributed by atoms with Gasteiger partial charge in [-0.1, -0.05) is 0 Å². The van der Waals surface area contributed by atoms with Gasteiger partial charge in [-0.15, -0.1) is 0 Å². The van der Waals surface area contributed by atoms with Crippen molar-refractivity contribution in [2.75, 3.05) is 13.2 Å². The standard InChI is InChI=1S/C10H10N2O5/c13-9(11-5-8-6-16-8)3-1-7-2-4-10(17-7)12(14)15/h1-4,8H,5-6H2,(H,11,13)/b3-1+. The maximum Gasteiger partial charge on any atom is 0.433 e. The molecule has 1 aliphatic heterocycles. The Morgan fingerprint density at radius 2 is 2.41 bits per heavy atom. The molecule has 0 spiro atoms. The number of nitro groups is 1. The topological polar surface area (TPSA) is 97.9 Å². The Bertz CT molecular complexity index is 461. The fourth-order valence-electron chi connectivity index (χ4n) is 1.15. The van der Waals surface area contributed by atoms with Crippen molar-refractivity contribution >= 4 is 17.9 Å².